The van der Waals surface area contributed by atoms with Crippen molar-refractivity contribution in [3.05, 3.63) is 0 Å². The molecule has 10 heteroatoms. The molecular formula is C17H39F3N3O3S+. The second kappa shape index (κ2) is 12.9. The van der Waals surface area contributed by atoms with Crippen molar-refractivity contribution in [3.8, 4) is 0 Å². The Morgan fingerprint density at radius 3 is 1.81 bits per heavy atom. The normalized spacial score (nSPS) is 13.3. The van der Waals surface area contributed by atoms with Gasteiger partial charge in [0.15, 0.2) is 0 Å². The number of sulfonamides is 1. The maximum atomic E-state index is 11.2. The highest BCUT2D eigenvalue weighted by Crippen LogP contribution is 2.20. The van der Waals surface area contributed by atoms with E-state index in [0.717, 1.165) is 35.5 Å². The van der Waals surface area contributed by atoms with Crippen molar-refractivity contribution < 1.29 is 30.8 Å². The molecular weight excluding hydrogens is 383 g/mol. The van der Waals surface area contributed by atoms with Crippen molar-refractivity contribution >= 4 is 10.0 Å². The summed E-state index contributed by atoms with van der Waals surface area (Å²) in [6.07, 6.45) is 1.24. The third-order valence-corrected chi connectivity index (χ3v) is 5.21. The molecule has 0 fully saturated rings. The summed E-state index contributed by atoms with van der Waals surface area (Å²) in [7, 11) is 0.170. The molecule has 0 heterocycles. The zero-order chi connectivity index (χ0) is 21.9. The van der Waals surface area contributed by atoms with Gasteiger partial charge in [-0.2, -0.15) is 13.2 Å². The van der Waals surface area contributed by atoms with Gasteiger partial charge in [-0.1, -0.05) is 6.92 Å². The van der Waals surface area contributed by atoms with Crippen LogP contribution in [-0.2, 0) is 14.8 Å². The van der Waals surface area contributed by atoms with Gasteiger partial charge in [0.1, 0.15) is 6.54 Å². The molecule has 6 nitrogen and oxygen atoms in total. The molecule has 0 unspecified atom stereocenters. The third-order valence-electron chi connectivity index (χ3n) is 4.06. The Labute approximate surface area is 163 Å². The van der Waals surface area contributed by atoms with E-state index in [9.17, 15) is 21.6 Å². The van der Waals surface area contributed by atoms with Gasteiger partial charge in [0.05, 0.1) is 33.9 Å². The molecule has 0 saturated carbocycles. The highest BCUT2D eigenvalue weighted by Gasteiger charge is 2.44. The van der Waals surface area contributed by atoms with E-state index in [1.807, 2.05) is 0 Å². The fourth-order valence-corrected chi connectivity index (χ4v) is 2.76. The second-order valence-electron chi connectivity index (χ2n) is 7.57. The number of alkyl halides is 3. The minimum Gasteiger partial charge on any atom is -0.374 e. The molecule has 0 aromatic heterocycles. The summed E-state index contributed by atoms with van der Waals surface area (Å²) in [6.45, 7) is 16.3. The van der Waals surface area contributed by atoms with E-state index in [0.29, 0.717) is 19.1 Å². The number of hydrogen-bond donors (Lipinski definition) is 1. The van der Waals surface area contributed by atoms with Gasteiger partial charge in [-0.3, -0.25) is 4.90 Å². The predicted molar refractivity (Wildman–Crippen MR) is 104 cm³/mol. The second-order valence-corrected chi connectivity index (χ2v) is 9.45. The number of hydrogen-bond acceptors (Lipinski definition) is 4. The van der Waals surface area contributed by atoms with E-state index < -0.39 is 15.5 Å². The Hall–Kier alpha value is -0.420. The topological polar surface area (TPSA) is 58.6 Å². The molecule has 0 spiro atoms. The van der Waals surface area contributed by atoms with E-state index in [1.54, 1.807) is 0 Å². The predicted octanol–water partition coefficient (Wildman–Crippen LogP) is 2.66. The lowest BCUT2D eigenvalue weighted by Gasteiger charge is -2.31. The largest absolute Gasteiger partial charge is 0.511 e. The van der Waals surface area contributed by atoms with Crippen molar-refractivity contribution in [2.24, 2.45) is 0 Å². The van der Waals surface area contributed by atoms with Gasteiger partial charge >= 0.3 is 15.5 Å². The molecule has 0 amide bonds. The highest BCUT2D eigenvalue weighted by molar-refractivity contribution is 7.90. The highest BCUT2D eigenvalue weighted by atomic mass is 32.2. The number of halogens is 3. The summed E-state index contributed by atoms with van der Waals surface area (Å²) in [5, 5.41) is 0. The van der Waals surface area contributed by atoms with E-state index in [4.69, 9.17) is 4.74 Å². The fraction of sp³-hybridized carbons (Fsp3) is 1.00. The van der Waals surface area contributed by atoms with Crippen molar-refractivity contribution in [2.45, 2.75) is 58.6 Å². The van der Waals surface area contributed by atoms with Crippen LogP contribution in [0.5, 0.6) is 0 Å². The van der Waals surface area contributed by atoms with E-state index in [1.165, 1.54) is 13.0 Å². The summed E-state index contributed by atoms with van der Waals surface area (Å²) in [6, 6.07) is 1.20. The Balaban J connectivity index is 0. The van der Waals surface area contributed by atoms with Gasteiger partial charge in [0, 0.05) is 18.6 Å². The van der Waals surface area contributed by atoms with Crippen molar-refractivity contribution in [2.75, 3.05) is 54.0 Å². The molecule has 0 bridgehead atoms. The Morgan fingerprint density at radius 2 is 1.52 bits per heavy atom. The van der Waals surface area contributed by atoms with E-state index in [2.05, 4.69) is 53.6 Å². The monoisotopic (exact) mass is 422 g/mol. The van der Waals surface area contributed by atoms with Crippen LogP contribution in [0.2, 0.25) is 0 Å². The van der Waals surface area contributed by atoms with Crippen LogP contribution in [0, 0.1) is 0 Å². The maximum Gasteiger partial charge on any atom is 0.511 e. The van der Waals surface area contributed by atoms with Gasteiger partial charge in [0.2, 0.25) is 0 Å². The van der Waals surface area contributed by atoms with Gasteiger partial charge < -0.3 is 9.22 Å². The zero-order valence-electron chi connectivity index (χ0n) is 18.1. The smallest absolute Gasteiger partial charge is 0.374 e. The third kappa shape index (κ3) is 13.4. The number of nitrogens with zero attached hydrogens (tertiary/aromatic N) is 2. The van der Waals surface area contributed by atoms with Crippen LogP contribution in [0.4, 0.5) is 13.2 Å². The first-order valence-electron chi connectivity index (χ1n) is 9.26. The molecule has 0 radical (unpaired) electrons. The number of quaternary nitrogens is 1. The van der Waals surface area contributed by atoms with Crippen LogP contribution in [0.25, 0.3) is 0 Å². The number of ether oxygens (including phenoxy) is 1. The Morgan fingerprint density at radius 1 is 1.04 bits per heavy atom. The minimum absolute atomic E-state index is 0.598. The van der Waals surface area contributed by atoms with E-state index >= 15 is 0 Å². The van der Waals surface area contributed by atoms with Gasteiger partial charge in [-0.25, -0.2) is 13.1 Å². The quantitative estimate of drug-likeness (QED) is 0.411. The summed E-state index contributed by atoms with van der Waals surface area (Å²) in [5.41, 5.74) is -5.19. The van der Waals surface area contributed by atoms with Crippen LogP contribution in [0.3, 0.4) is 0 Å². The lowest BCUT2D eigenvalue weighted by molar-refractivity contribution is -0.890. The summed E-state index contributed by atoms with van der Waals surface area (Å²) < 4.78 is 61.1. The Bertz CT molecular complexity index is 474. The zero-order valence-corrected chi connectivity index (χ0v) is 18.9. The van der Waals surface area contributed by atoms with Gasteiger partial charge in [0.25, 0.3) is 0 Å². The van der Waals surface area contributed by atoms with Crippen LogP contribution in [0.1, 0.15) is 41.0 Å². The Kier molecular flexibility index (Phi) is 13.8. The maximum absolute atomic E-state index is 11.2. The van der Waals surface area contributed by atoms with Crippen molar-refractivity contribution in [3.63, 3.8) is 0 Å². The fourth-order valence-electron chi connectivity index (χ4n) is 2.53. The molecule has 0 aromatic carbocycles. The molecule has 0 aromatic rings. The number of likely N-dealkylation sites (N-methyl/N-ethyl adjacent to an activating group) is 1. The number of nitrogens with one attached hydrogen (secondary N) is 1. The molecule has 0 aliphatic carbocycles. The van der Waals surface area contributed by atoms with Crippen molar-refractivity contribution in [1.82, 2.24) is 9.62 Å². The average Bonchev–Trinajstić information content (AvgIpc) is 2.49. The first-order valence-corrected chi connectivity index (χ1v) is 10.7. The lowest BCUT2D eigenvalue weighted by Crippen LogP contribution is -2.43. The summed E-state index contributed by atoms with van der Waals surface area (Å²) >= 11 is 0. The number of rotatable bonds is 11. The molecule has 0 aliphatic rings. The standard InChI is InChI=1S/C15H35N2O.C2H4F3NO2S/c1-8-10-17(6,7)11-13-18-12-9-16(14(2)3)15(4)5;1-6-9(7,8)2(3,4)5/h14-15H,8-13H2,1-7H3;6H,1H3/q+1;. The minimum atomic E-state index is -5.19. The van der Waals surface area contributed by atoms with Crippen LogP contribution >= 0.6 is 0 Å². The van der Waals surface area contributed by atoms with Gasteiger partial charge in [-0.05, 0) is 41.2 Å². The lowest BCUT2D eigenvalue weighted by atomic mass is 10.2. The molecule has 0 atom stereocenters. The average molecular weight is 423 g/mol. The molecule has 0 aliphatic heterocycles. The molecule has 166 valence electrons. The van der Waals surface area contributed by atoms with Crippen LogP contribution < -0.4 is 4.72 Å². The molecule has 0 saturated heterocycles. The first kappa shape index (κ1) is 28.8. The summed E-state index contributed by atoms with van der Waals surface area (Å²) in [4.78, 5) is 2.48. The first-order chi connectivity index (χ1) is 12.1. The molecule has 0 rings (SSSR count). The van der Waals surface area contributed by atoms with Crippen molar-refractivity contribution in [1.29, 1.82) is 0 Å². The molecule has 1 N–H and O–H groups in total. The van der Waals surface area contributed by atoms with Gasteiger partial charge in [-0.15, -0.1) is 0 Å². The summed E-state index contributed by atoms with van der Waals surface area (Å²) in [5.74, 6) is 0. The SMILES string of the molecule is CCC[N+](C)(C)CCOCCN(C(C)C)C(C)C.CNS(=O)(=O)C(F)(F)F. The van der Waals surface area contributed by atoms with Crippen LogP contribution in [0.15, 0.2) is 0 Å². The van der Waals surface area contributed by atoms with E-state index in [-0.39, 0.29) is 0 Å². The van der Waals surface area contributed by atoms with Crippen LogP contribution in [-0.4, -0.2) is 89.4 Å². The molecule has 27 heavy (non-hydrogen) atoms.